The van der Waals surface area contributed by atoms with Crippen molar-refractivity contribution in [2.24, 2.45) is 4.99 Å². The average molecular weight is 391 g/mol. The molecule has 0 spiro atoms. The van der Waals surface area contributed by atoms with E-state index in [-0.39, 0.29) is 0 Å². The summed E-state index contributed by atoms with van der Waals surface area (Å²) >= 11 is 18.8. The molecule has 0 bridgehead atoms. The van der Waals surface area contributed by atoms with Crippen LogP contribution >= 0.6 is 34.8 Å². The molecule has 0 unspecified atom stereocenters. The minimum Gasteiger partial charge on any atom is -0.298 e. The number of fused-ring (bicyclic) bond motifs is 3. The summed E-state index contributed by atoms with van der Waals surface area (Å²) < 4.78 is 2.11. The van der Waals surface area contributed by atoms with Crippen molar-refractivity contribution in [1.29, 1.82) is 0 Å². The molecule has 0 fully saturated rings. The largest absolute Gasteiger partial charge is 0.298 e. The molecule has 6 heteroatoms. The topological polar surface area (TPSA) is 30.2 Å². The Balaban J connectivity index is 2.03. The van der Waals surface area contributed by atoms with Crippen LogP contribution in [-0.4, -0.2) is 15.3 Å². The normalized spacial score (nSPS) is 13.0. The summed E-state index contributed by atoms with van der Waals surface area (Å²) in [4.78, 5) is 9.45. The molecule has 0 aliphatic carbocycles. The van der Waals surface area contributed by atoms with E-state index in [0.717, 1.165) is 39.7 Å². The summed E-state index contributed by atoms with van der Waals surface area (Å²) in [6.45, 7) is 2.45. The third-order valence-electron chi connectivity index (χ3n) is 4.32. The fourth-order valence-corrected chi connectivity index (χ4v) is 3.85. The van der Waals surface area contributed by atoms with E-state index in [4.69, 9.17) is 39.8 Å². The Morgan fingerprint density at radius 1 is 1.08 bits per heavy atom. The first-order valence-electron chi connectivity index (χ1n) is 7.83. The summed E-state index contributed by atoms with van der Waals surface area (Å²) in [5.41, 5.74) is 5.48. The minimum atomic E-state index is 0.350. The smallest absolute Gasteiger partial charge is 0.110 e. The van der Waals surface area contributed by atoms with Gasteiger partial charge in [-0.25, -0.2) is 4.98 Å². The molecular formula is C19H14Cl3N3. The molecule has 126 valence electrons. The van der Waals surface area contributed by atoms with E-state index in [1.54, 1.807) is 0 Å². The molecule has 25 heavy (non-hydrogen) atoms. The summed E-state index contributed by atoms with van der Waals surface area (Å²) in [7, 11) is 0. The fourth-order valence-electron chi connectivity index (χ4n) is 3.24. The van der Waals surface area contributed by atoms with Gasteiger partial charge in [0.15, 0.2) is 0 Å². The minimum absolute atomic E-state index is 0.350. The van der Waals surface area contributed by atoms with Crippen LogP contribution in [0.25, 0.3) is 5.69 Å². The lowest BCUT2D eigenvalue weighted by atomic mass is 10.0. The molecule has 4 rings (SSSR count). The van der Waals surface area contributed by atoms with Crippen LogP contribution in [0.5, 0.6) is 0 Å². The van der Waals surface area contributed by atoms with E-state index in [1.165, 1.54) is 0 Å². The Hall–Kier alpha value is -1.81. The van der Waals surface area contributed by atoms with Crippen molar-refractivity contribution >= 4 is 40.5 Å². The van der Waals surface area contributed by atoms with Crippen LogP contribution < -0.4 is 0 Å². The average Bonchev–Trinajstić information content (AvgIpc) is 2.82. The molecule has 0 radical (unpaired) electrons. The molecule has 1 aliphatic heterocycles. The maximum Gasteiger partial charge on any atom is 0.110 e. The van der Waals surface area contributed by atoms with Gasteiger partial charge in [-0.05, 0) is 31.2 Å². The summed E-state index contributed by atoms with van der Waals surface area (Å²) in [5.74, 6) is 1.23. The Bertz CT molecular complexity index is 1010. The van der Waals surface area contributed by atoms with Gasteiger partial charge >= 0.3 is 0 Å². The zero-order valence-corrected chi connectivity index (χ0v) is 15.7. The molecule has 0 N–H and O–H groups in total. The van der Waals surface area contributed by atoms with Crippen molar-refractivity contribution in [1.82, 2.24) is 9.55 Å². The van der Waals surface area contributed by atoms with Crippen LogP contribution in [-0.2, 0) is 12.4 Å². The molecule has 2 aromatic carbocycles. The Kier molecular flexibility index (Phi) is 4.32. The number of aromatic nitrogens is 2. The van der Waals surface area contributed by atoms with Crippen molar-refractivity contribution in [3.63, 3.8) is 0 Å². The van der Waals surface area contributed by atoms with Crippen LogP contribution in [0.3, 0.4) is 0 Å². The number of halogens is 3. The Morgan fingerprint density at radius 2 is 1.88 bits per heavy atom. The second kappa shape index (κ2) is 6.49. The number of alkyl halides is 1. The lowest BCUT2D eigenvalue weighted by Crippen LogP contribution is -2.08. The summed E-state index contributed by atoms with van der Waals surface area (Å²) in [5, 5.41) is 1.31. The Labute approximate surface area is 160 Å². The maximum absolute atomic E-state index is 6.44. The van der Waals surface area contributed by atoms with Crippen molar-refractivity contribution < 1.29 is 0 Å². The molecule has 0 amide bonds. The predicted octanol–water partition coefficient (Wildman–Crippen LogP) is 5.58. The zero-order valence-electron chi connectivity index (χ0n) is 13.4. The highest BCUT2D eigenvalue weighted by atomic mass is 35.5. The third kappa shape index (κ3) is 2.77. The maximum atomic E-state index is 6.44. The molecule has 0 saturated heterocycles. The van der Waals surface area contributed by atoms with Gasteiger partial charge in [-0.2, -0.15) is 0 Å². The van der Waals surface area contributed by atoms with Gasteiger partial charge < -0.3 is 0 Å². The van der Waals surface area contributed by atoms with Crippen molar-refractivity contribution in [3.8, 4) is 5.69 Å². The van der Waals surface area contributed by atoms with E-state index in [2.05, 4.69) is 9.55 Å². The molecule has 3 nitrogen and oxygen atoms in total. The van der Waals surface area contributed by atoms with Gasteiger partial charge in [0.2, 0.25) is 0 Å². The lowest BCUT2D eigenvalue weighted by molar-refractivity contribution is 0.885. The first-order valence-corrected chi connectivity index (χ1v) is 9.12. The number of nitrogens with zero attached hydrogens (tertiary/aromatic N) is 3. The van der Waals surface area contributed by atoms with E-state index >= 15 is 0 Å². The first kappa shape index (κ1) is 16.6. The molecule has 2 heterocycles. The van der Waals surface area contributed by atoms with Crippen molar-refractivity contribution in [2.45, 2.75) is 19.3 Å². The van der Waals surface area contributed by atoms with Crippen LogP contribution in [0, 0.1) is 6.92 Å². The highest BCUT2D eigenvalue weighted by Gasteiger charge is 2.24. The van der Waals surface area contributed by atoms with E-state index in [1.807, 2.05) is 49.4 Å². The van der Waals surface area contributed by atoms with Crippen LogP contribution in [0.15, 0.2) is 47.5 Å². The molecular weight excluding hydrogens is 377 g/mol. The first-order chi connectivity index (χ1) is 12.1. The van der Waals surface area contributed by atoms with Gasteiger partial charge in [0.25, 0.3) is 0 Å². The number of aryl methyl sites for hydroxylation is 1. The van der Waals surface area contributed by atoms with Crippen LogP contribution in [0.1, 0.15) is 28.3 Å². The third-order valence-corrected chi connectivity index (χ3v) is 5.14. The number of aliphatic imine (C=N–C) groups is 1. The number of rotatable bonds is 2. The van der Waals surface area contributed by atoms with Crippen molar-refractivity contribution in [2.75, 3.05) is 0 Å². The van der Waals surface area contributed by atoms with E-state index in [0.29, 0.717) is 22.5 Å². The molecule has 0 atom stereocenters. The SMILES string of the molecule is Cc1nc(CCl)c2n1-c1ccc(Cl)cc1C(c1ccccc1Cl)=NC2. The molecule has 1 aromatic heterocycles. The van der Waals surface area contributed by atoms with E-state index < -0.39 is 0 Å². The molecule has 0 saturated carbocycles. The monoisotopic (exact) mass is 389 g/mol. The summed E-state index contributed by atoms with van der Waals surface area (Å²) in [6, 6.07) is 13.5. The lowest BCUT2D eigenvalue weighted by Gasteiger charge is -2.14. The zero-order chi connectivity index (χ0) is 17.6. The Morgan fingerprint density at radius 3 is 2.64 bits per heavy atom. The summed E-state index contributed by atoms with van der Waals surface area (Å²) in [6.07, 6.45) is 0. The van der Waals surface area contributed by atoms with Crippen LogP contribution in [0.2, 0.25) is 10.0 Å². The van der Waals surface area contributed by atoms with E-state index in [9.17, 15) is 0 Å². The van der Waals surface area contributed by atoms with Gasteiger partial charge in [-0.3, -0.25) is 9.56 Å². The standard InChI is InChI=1S/C19H14Cl3N3/c1-11-24-16(9-20)18-10-23-19(13-4-2-3-5-15(13)22)14-8-12(21)6-7-17(14)25(11)18/h2-8H,9-10H2,1H3. The fraction of sp³-hybridized carbons (Fsp3) is 0.158. The van der Waals surface area contributed by atoms with Gasteiger partial charge in [0, 0.05) is 21.2 Å². The predicted molar refractivity (Wildman–Crippen MR) is 104 cm³/mol. The quantitative estimate of drug-likeness (QED) is 0.526. The number of benzene rings is 2. The van der Waals surface area contributed by atoms with Gasteiger partial charge in [0.05, 0.1) is 35.2 Å². The van der Waals surface area contributed by atoms with Crippen molar-refractivity contribution in [3.05, 3.63) is 80.8 Å². The highest BCUT2D eigenvalue weighted by molar-refractivity contribution is 6.36. The molecule has 1 aliphatic rings. The van der Waals surface area contributed by atoms with Gasteiger partial charge in [-0.15, -0.1) is 11.6 Å². The van der Waals surface area contributed by atoms with Crippen LogP contribution in [0.4, 0.5) is 0 Å². The highest BCUT2D eigenvalue weighted by Crippen LogP contribution is 2.32. The second-order valence-corrected chi connectivity index (χ2v) is 6.94. The van der Waals surface area contributed by atoms with Gasteiger partial charge in [-0.1, -0.05) is 41.4 Å². The second-order valence-electron chi connectivity index (χ2n) is 5.83. The number of hydrogen-bond donors (Lipinski definition) is 0. The number of hydrogen-bond acceptors (Lipinski definition) is 2. The number of imidazole rings is 1. The molecule has 3 aromatic rings. The van der Waals surface area contributed by atoms with Gasteiger partial charge in [0.1, 0.15) is 5.82 Å².